The minimum absolute atomic E-state index is 0.497. The number of nitrogens with zero attached hydrogens (tertiary/aromatic N) is 2. The van der Waals surface area contributed by atoms with E-state index in [2.05, 4.69) is 43.6 Å². The zero-order chi connectivity index (χ0) is 20.9. The Morgan fingerprint density at radius 3 is 2.40 bits per heavy atom. The molecule has 0 saturated carbocycles. The number of hydrogen-bond acceptors (Lipinski definition) is 5. The van der Waals surface area contributed by atoms with Crippen LogP contribution in [0.3, 0.4) is 0 Å². The molecule has 4 rings (SSSR count). The summed E-state index contributed by atoms with van der Waals surface area (Å²) >= 11 is 17.6. The van der Waals surface area contributed by atoms with Gasteiger partial charge in [-0.3, -0.25) is 0 Å². The van der Waals surface area contributed by atoms with E-state index < -0.39 is 0 Å². The van der Waals surface area contributed by atoms with Gasteiger partial charge in [-0.15, -0.1) is 10.2 Å². The summed E-state index contributed by atoms with van der Waals surface area (Å²) in [4.78, 5) is 0. The summed E-state index contributed by atoms with van der Waals surface area (Å²) in [7, 11) is 0. The van der Waals surface area contributed by atoms with Gasteiger partial charge in [0.1, 0.15) is 0 Å². The van der Waals surface area contributed by atoms with Gasteiger partial charge in [0, 0.05) is 15.9 Å². The third kappa shape index (κ3) is 5.38. The molecular formula is C22H16BrCl2N3OS. The topological polar surface area (TPSA) is 51.0 Å². The smallest absolute Gasteiger partial charge is 0.276 e. The Morgan fingerprint density at radius 1 is 0.900 bits per heavy atom. The molecule has 0 spiro atoms. The molecule has 8 heteroatoms. The number of anilines is 2. The second-order valence-corrected chi connectivity index (χ2v) is 9.09. The van der Waals surface area contributed by atoms with Gasteiger partial charge >= 0.3 is 0 Å². The monoisotopic (exact) mass is 519 g/mol. The Bertz CT molecular complexity index is 1130. The quantitative estimate of drug-likeness (QED) is 0.252. The van der Waals surface area contributed by atoms with Gasteiger partial charge in [0.2, 0.25) is 5.89 Å². The lowest BCUT2D eigenvalue weighted by Crippen LogP contribution is -1.98. The number of aromatic nitrogens is 2. The first-order valence-corrected chi connectivity index (χ1v) is 11.6. The summed E-state index contributed by atoms with van der Waals surface area (Å²) in [5.74, 6) is 1.31. The molecule has 0 aliphatic carbocycles. The number of nitrogens with one attached hydrogen (secondary N) is 1. The fourth-order valence-corrected chi connectivity index (χ4v) is 4.30. The normalized spacial score (nSPS) is 10.9. The minimum Gasteiger partial charge on any atom is -0.416 e. The van der Waals surface area contributed by atoms with Crippen LogP contribution in [0.1, 0.15) is 17.0 Å². The van der Waals surface area contributed by atoms with Crippen LogP contribution < -0.4 is 5.32 Å². The van der Waals surface area contributed by atoms with Crippen LogP contribution in [0.5, 0.6) is 0 Å². The summed E-state index contributed by atoms with van der Waals surface area (Å²) in [6, 6.07) is 21.5. The Morgan fingerprint density at radius 2 is 1.63 bits per heavy atom. The first-order valence-electron chi connectivity index (χ1n) is 9.07. The van der Waals surface area contributed by atoms with E-state index in [1.165, 1.54) is 17.3 Å². The van der Waals surface area contributed by atoms with Crippen LogP contribution in [-0.4, -0.2) is 10.2 Å². The summed E-state index contributed by atoms with van der Waals surface area (Å²) < 4.78 is 6.89. The molecular weight excluding hydrogens is 505 g/mol. The zero-order valence-electron chi connectivity index (χ0n) is 15.6. The number of hydrogen-bond donors (Lipinski definition) is 1. The van der Waals surface area contributed by atoms with E-state index in [0.717, 1.165) is 21.5 Å². The fourth-order valence-electron chi connectivity index (χ4n) is 2.80. The van der Waals surface area contributed by atoms with Gasteiger partial charge in [0.05, 0.1) is 22.2 Å². The van der Waals surface area contributed by atoms with Crippen LogP contribution in [-0.2, 0) is 12.2 Å². The number of halogens is 3. The lowest BCUT2D eigenvalue weighted by Gasteiger charge is -2.13. The Balaban J connectivity index is 1.46. The molecule has 0 aliphatic heterocycles. The second-order valence-electron chi connectivity index (χ2n) is 6.43. The van der Waals surface area contributed by atoms with E-state index in [1.54, 1.807) is 12.1 Å². The molecule has 0 aliphatic rings. The van der Waals surface area contributed by atoms with Crippen molar-refractivity contribution in [2.45, 2.75) is 17.4 Å². The van der Waals surface area contributed by atoms with Gasteiger partial charge in [-0.25, -0.2) is 0 Å². The molecule has 0 radical (unpaired) electrons. The van der Waals surface area contributed by atoms with Crippen molar-refractivity contribution in [2.75, 3.05) is 5.32 Å². The predicted octanol–water partition coefficient (Wildman–Crippen LogP) is 7.77. The molecule has 4 aromatic rings. The maximum absolute atomic E-state index is 6.30. The van der Waals surface area contributed by atoms with Gasteiger partial charge in [0.25, 0.3) is 5.22 Å². The maximum atomic E-state index is 6.30. The van der Waals surface area contributed by atoms with Crippen molar-refractivity contribution in [3.63, 3.8) is 0 Å². The minimum atomic E-state index is 0.497. The molecule has 0 fully saturated rings. The van der Waals surface area contributed by atoms with Crippen LogP contribution in [0.15, 0.2) is 80.8 Å². The second kappa shape index (κ2) is 9.88. The highest BCUT2D eigenvalue weighted by molar-refractivity contribution is 9.10. The van der Waals surface area contributed by atoms with E-state index >= 15 is 0 Å². The molecule has 152 valence electrons. The van der Waals surface area contributed by atoms with Gasteiger partial charge in [-0.05, 0) is 41.5 Å². The largest absolute Gasteiger partial charge is 0.416 e. The van der Waals surface area contributed by atoms with E-state index in [-0.39, 0.29) is 0 Å². The Labute approximate surface area is 197 Å². The average molecular weight is 521 g/mol. The Hall–Kier alpha value is -1.99. The molecule has 30 heavy (non-hydrogen) atoms. The van der Waals surface area contributed by atoms with Gasteiger partial charge in [-0.1, -0.05) is 87.3 Å². The lowest BCUT2D eigenvalue weighted by molar-refractivity contribution is 0.420. The van der Waals surface area contributed by atoms with Crippen LogP contribution in [0.4, 0.5) is 11.4 Å². The van der Waals surface area contributed by atoms with Crippen LogP contribution in [0.2, 0.25) is 10.0 Å². The SMILES string of the molecule is Clc1cccc(Cl)c1Nc1ccccc1Cc1nnc(SCc2ccc(Br)cc2)o1. The van der Waals surface area contributed by atoms with E-state index in [9.17, 15) is 0 Å². The van der Waals surface area contributed by atoms with Crippen molar-refractivity contribution < 1.29 is 4.42 Å². The molecule has 0 bridgehead atoms. The lowest BCUT2D eigenvalue weighted by atomic mass is 10.1. The van der Waals surface area contributed by atoms with Crippen molar-refractivity contribution in [1.29, 1.82) is 0 Å². The fraction of sp³-hybridized carbons (Fsp3) is 0.0909. The molecule has 0 unspecified atom stereocenters. The van der Waals surface area contributed by atoms with Gasteiger partial charge in [0.15, 0.2) is 0 Å². The zero-order valence-corrected chi connectivity index (χ0v) is 19.5. The molecule has 0 saturated heterocycles. The first kappa shape index (κ1) is 21.2. The number of rotatable bonds is 7. The van der Waals surface area contributed by atoms with Crippen LogP contribution >= 0.6 is 50.9 Å². The van der Waals surface area contributed by atoms with Crippen LogP contribution in [0.25, 0.3) is 0 Å². The van der Waals surface area contributed by atoms with Crippen molar-refractivity contribution in [3.8, 4) is 0 Å². The standard InChI is InChI=1S/C22H16BrCl2N3OS/c23-16-10-8-14(9-11-16)13-30-22-28-27-20(29-22)12-15-4-1-2-7-19(15)26-21-17(24)5-3-6-18(21)25/h1-11,26H,12-13H2. The van der Waals surface area contributed by atoms with Crippen molar-refractivity contribution >= 4 is 62.3 Å². The highest BCUT2D eigenvalue weighted by atomic mass is 79.9. The van der Waals surface area contributed by atoms with Crippen molar-refractivity contribution in [2.24, 2.45) is 0 Å². The van der Waals surface area contributed by atoms with Crippen molar-refractivity contribution in [1.82, 2.24) is 10.2 Å². The first-order chi connectivity index (χ1) is 14.6. The maximum Gasteiger partial charge on any atom is 0.276 e. The van der Waals surface area contributed by atoms with E-state index in [4.69, 9.17) is 27.6 Å². The van der Waals surface area contributed by atoms with Crippen LogP contribution in [0, 0.1) is 0 Å². The summed E-state index contributed by atoms with van der Waals surface area (Å²) in [5.41, 5.74) is 3.75. The number of thioether (sulfide) groups is 1. The molecule has 4 nitrogen and oxygen atoms in total. The molecule has 1 N–H and O–H groups in total. The summed E-state index contributed by atoms with van der Waals surface area (Å²) in [5, 5.41) is 13.3. The van der Waals surface area contributed by atoms with E-state index in [1.807, 2.05) is 42.5 Å². The Kier molecular flexibility index (Phi) is 7.00. The third-order valence-electron chi connectivity index (χ3n) is 4.31. The molecule has 0 atom stereocenters. The summed E-state index contributed by atoms with van der Waals surface area (Å²) in [6.45, 7) is 0. The summed E-state index contributed by atoms with van der Waals surface area (Å²) in [6.07, 6.45) is 0.497. The van der Waals surface area contributed by atoms with Gasteiger partial charge < -0.3 is 9.73 Å². The molecule has 1 aromatic heterocycles. The highest BCUT2D eigenvalue weighted by Gasteiger charge is 2.13. The van der Waals surface area contributed by atoms with E-state index in [0.29, 0.717) is 33.3 Å². The molecule has 3 aromatic carbocycles. The third-order valence-corrected chi connectivity index (χ3v) is 6.35. The molecule has 1 heterocycles. The number of benzene rings is 3. The number of para-hydroxylation sites is 2. The highest BCUT2D eigenvalue weighted by Crippen LogP contribution is 2.34. The average Bonchev–Trinajstić information content (AvgIpc) is 3.19. The van der Waals surface area contributed by atoms with Crippen molar-refractivity contribution in [3.05, 3.63) is 98.3 Å². The van der Waals surface area contributed by atoms with Gasteiger partial charge in [-0.2, -0.15) is 0 Å². The predicted molar refractivity (Wildman–Crippen MR) is 127 cm³/mol. The molecule has 0 amide bonds.